The number of anilines is 2. The molecule has 0 amide bonds. The van der Waals surface area contributed by atoms with Gasteiger partial charge in [0, 0.05) is 61.4 Å². The lowest BCUT2D eigenvalue weighted by molar-refractivity contribution is -0.0499. The molecule has 3 aromatic rings. The van der Waals surface area contributed by atoms with E-state index in [1.807, 2.05) is 7.11 Å². The lowest BCUT2D eigenvalue weighted by Gasteiger charge is -2.41. The van der Waals surface area contributed by atoms with E-state index < -0.39 is 0 Å². The van der Waals surface area contributed by atoms with Crippen molar-refractivity contribution in [2.24, 2.45) is 0 Å². The van der Waals surface area contributed by atoms with E-state index in [-0.39, 0.29) is 5.41 Å². The lowest BCUT2D eigenvalue weighted by atomic mass is 9.80. The predicted molar refractivity (Wildman–Crippen MR) is 158 cm³/mol. The maximum atomic E-state index is 5.75. The van der Waals surface area contributed by atoms with E-state index >= 15 is 0 Å². The van der Waals surface area contributed by atoms with Gasteiger partial charge in [0.15, 0.2) is 5.82 Å². The van der Waals surface area contributed by atoms with Crippen molar-refractivity contribution in [1.82, 2.24) is 9.97 Å². The van der Waals surface area contributed by atoms with Crippen molar-refractivity contribution < 1.29 is 9.47 Å². The second kappa shape index (κ2) is 10.2. The molecule has 2 fully saturated rings. The van der Waals surface area contributed by atoms with Gasteiger partial charge in [-0.2, -0.15) is 0 Å². The van der Waals surface area contributed by atoms with E-state index in [0.717, 1.165) is 63.8 Å². The average Bonchev–Trinajstić information content (AvgIpc) is 2.91. The molecule has 0 bridgehead atoms. The quantitative estimate of drug-likeness (QED) is 0.411. The van der Waals surface area contributed by atoms with Crippen molar-refractivity contribution in [2.75, 3.05) is 43.2 Å². The van der Waals surface area contributed by atoms with E-state index in [4.69, 9.17) is 19.4 Å². The van der Waals surface area contributed by atoms with Crippen LogP contribution in [0.5, 0.6) is 0 Å². The zero-order valence-corrected chi connectivity index (χ0v) is 24.4. The van der Waals surface area contributed by atoms with E-state index in [0.29, 0.717) is 12.1 Å². The van der Waals surface area contributed by atoms with Crippen LogP contribution in [0.25, 0.3) is 11.4 Å². The van der Waals surface area contributed by atoms with Crippen molar-refractivity contribution in [3.8, 4) is 11.4 Å². The second-order valence-electron chi connectivity index (χ2n) is 12.2. The van der Waals surface area contributed by atoms with Crippen LogP contribution >= 0.6 is 0 Å². The number of hydrogen-bond donors (Lipinski definition) is 0. The van der Waals surface area contributed by atoms with E-state index in [1.54, 1.807) is 0 Å². The first-order valence-corrected chi connectivity index (χ1v) is 14.5. The maximum absolute atomic E-state index is 5.75. The number of methoxy groups -OCH3 is 1. The first kappa shape index (κ1) is 26.3. The Morgan fingerprint density at radius 2 is 1.77 bits per heavy atom. The first-order chi connectivity index (χ1) is 18.8. The topological polar surface area (TPSA) is 50.7 Å². The van der Waals surface area contributed by atoms with Crippen LogP contribution in [0.1, 0.15) is 60.2 Å². The summed E-state index contributed by atoms with van der Waals surface area (Å²) in [5.74, 6) is 1.97. The zero-order chi connectivity index (χ0) is 27.3. The maximum Gasteiger partial charge on any atom is 0.162 e. The molecule has 0 spiro atoms. The van der Waals surface area contributed by atoms with Crippen molar-refractivity contribution in [1.29, 1.82) is 0 Å². The Balaban J connectivity index is 1.42. The van der Waals surface area contributed by atoms with Gasteiger partial charge in [-0.3, -0.25) is 0 Å². The molecule has 206 valence electrons. The summed E-state index contributed by atoms with van der Waals surface area (Å²) < 4.78 is 11.3. The zero-order valence-electron chi connectivity index (χ0n) is 24.4. The number of aromatic nitrogens is 2. The lowest BCUT2D eigenvalue weighted by Crippen LogP contribution is -2.45. The summed E-state index contributed by atoms with van der Waals surface area (Å²) in [5.41, 5.74) is 10.2. The van der Waals surface area contributed by atoms with Gasteiger partial charge in [-0.15, -0.1) is 0 Å². The summed E-state index contributed by atoms with van der Waals surface area (Å²) in [4.78, 5) is 15.7. The molecular weight excluding hydrogens is 484 g/mol. The Morgan fingerprint density at radius 1 is 1.00 bits per heavy atom. The summed E-state index contributed by atoms with van der Waals surface area (Å²) in [7, 11) is 1.84. The van der Waals surface area contributed by atoms with Crippen molar-refractivity contribution in [3.05, 3.63) is 69.9 Å². The molecule has 0 saturated carbocycles. The van der Waals surface area contributed by atoms with Crippen LogP contribution in [0.2, 0.25) is 0 Å². The highest BCUT2D eigenvalue weighted by atomic mass is 16.5. The highest BCUT2D eigenvalue weighted by Gasteiger charge is 2.36. The Bertz CT molecular complexity index is 1360. The fourth-order valence-electron chi connectivity index (χ4n) is 6.68. The van der Waals surface area contributed by atoms with Gasteiger partial charge in [-0.25, -0.2) is 9.97 Å². The van der Waals surface area contributed by atoms with Gasteiger partial charge in [-0.05, 0) is 68.9 Å². The van der Waals surface area contributed by atoms with Gasteiger partial charge in [-0.1, -0.05) is 37.3 Å². The van der Waals surface area contributed by atoms with Gasteiger partial charge in [0.1, 0.15) is 5.82 Å². The van der Waals surface area contributed by atoms with Crippen LogP contribution in [0.15, 0.2) is 36.4 Å². The average molecular weight is 527 g/mol. The monoisotopic (exact) mass is 526 g/mol. The fraction of sp³-hybridized carbons (Fsp3) is 0.515. The Morgan fingerprint density at radius 3 is 2.44 bits per heavy atom. The molecule has 0 unspecified atom stereocenters. The summed E-state index contributed by atoms with van der Waals surface area (Å²) in [6.07, 6.45) is 3.25. The minimum Gasteiger partial charge on any atom is -0.381 e. The highest BCUT2D eigenvalue weighted by Crippen LogP contribution is 2.39. The predicted octanol–water partition coefficient (Wildman–Crippen LogP) is 5.92. The Labute approximate surface area is 233 Å². The number of hydrogen-bond acceptors (Lipinski definition) is 6. The molecule has 6 nitrogen and oxygen atoms in total. The van der Waals surface area contributed by atoms with Crippen LogP contribution in [0.4, 0.5) is 11.5 Å². The third kappa shape index (κ3) is 4.72. The summed E-state index contributed by atoms with van der Waals surface area (Å²) in [6, 6.07) is 13.8. The molecule has 6 heteroatoms. The molecule has 6 rings (SSSR count). The number of rotatable bonds is 5. The smallest absolute Gasteiger partial charge is 0.162 e. The Kier molecular flexibility index (Phi) is 6.88. The molecule has 0 aliphatic carbocycles. The normalized spacial score (nSPS) is 22.4. The minimum absolute atomic E-state index is 0.117. The van der Waals surface area contributed by atoms with Gasteiger partial charge in [0.25, 0.3) is 0 Å². The van der Waals surface area contributed by atoms with Crippen LogP contribution in [-0.2, 0) is 27.9 Å². The molecule has 2 saturated heterocycles. The molecule has 3 aliphatic rings. The largest absolute Gasteiger partial charge is 0.381 e. The first-order valence-electron chi connectivity index (χ1n) is 14.5. The standard InChI is InChI=1S/C33H42N4O2/c1-21-10-11-25(33(5)19-39-20-33)17-29(21)36-14-13-28-27(18-36)32(37-15-12-26(38-6)16-24(37)4)35-31(34-28)30-22(2)8-7-9-23(30)3/h7-11,17,24,26H,12-16,18-20H2,1-6H3/t24-,26-/m1/s1. The fourth-order valence-corrected chi connectivity index (χ4v) is 6.68. The summed E-state index contributed by atoms with van der Waals surface area (Å²) in [5, 5.41) is 0. The van der Waals surface area contributed by atoms with Gasteiger partial charge in [0.05, 0.1) is 25.0 Å². The van der Waals surface area contributed by atoms with Gasteiger partial charge < -0.3 is 19.3 Å². The van der Waals surface area contributed by atoms with Crippen molar-refractivity contribution in [2.45, 2.75) is 78.0 Å². The molecule has 2 atom stereocenters. The van der Waals surface area contributed by atoms with Crippen molar-refractivity contribution >= 4 is 11.5 Å². The molecule has 0 N–H and O–H groups in total. The number of fused-ring (bicyclic) bond motifs is 1. The number of nitrogens with zero attached hydrogens (tertiary/aromatic N) is 4. The molecule has 4 heterocycles. The Hall–Kier alpha value is -2.96. The molecule has 39 heavy (non-hydrogen) atoms. The third-order valence-corrected chi connectivity index (χ3v) is 9.26. The van der Waals surface area contributed by atoms with Crippen LogP contribution < -0.4 is 9.80 Å². The van der Waals surface area contributed by atoms with Crippen LogP contribution in [-0.4, -0.2) is 55.5 Å². The van der Waals surface area contributed by atoms with Gasteiger partial charge >= 0.3 is 0 Å². The summed E-state index contributed by atoms with van der Waals surface area (Å²) in [6.45, 7) is 15.5. The SMILES string of the molecule is CO[C@@H]1CCN(c2nc(-c3c(C)cccc3C)nc3c2CN(c2cc(C4(C)COC4)ccc2C)CC3)[C@H](C)C1. The van der Waals surface area contributed by atoms with E-state index in [9.17, 15) is 0 Å². The van der Waals surface area contributed by atoms with Crippen molar-refractivity contribution in [3.63, 3.8) is 0 Å². The molecule has 3 aliphatic heterocycles. The van der Waals surface area contributed by atoms with E-state index in [2.05, 4.69) is 80.8 Å². The summed E-state index contributed by atoms with van der Waals surface area (Å²) >= 11 is 0. The molecule has 2 aromatic carbocycles. The molecule has 1 aromatic heterocycles. The highest BCUT2D eigenvalue weighted by molar-refractivity contribution is 5.68. The molecular formula is C33H42N4O2. The third-order valence-electron chi connectivity index (χ3n) is 9.26. The second-order valence-corrected chi connectivity index (χ2v) is 12.2. The number of piperidine rings is 1. The van der Waals surface area contributed by atoms with E-state index in [1.165, 1.54) is 44.8 Å². The minimum atomic E-state index is 0.117. The number of aryl methyl sites for hydroxylation is 3. The number of ether oxygens (including phenoxy) is 2. The van der Waals surface area contributed by atoms with Crippen LogP contribution in [0.3, 0.4) is 0 Å². The molecule has 0 radical (unpaired) electrons. The van der Waals surface area contributed by atoms with Crippen LogP contribution in [0, 0.1) is 20.8 Å². The van der Waals surface area contributed by atoms with Gasteiger partial charge in [0.2, 0.25) is 0 Å². The number of benzene rings is 2.